The van der Waals surface area contributed by atoms with Gasteiger partial charge in [0.15, 0.2) is 0 Å². The van der Waals surface area contributed by atoms with Crippen LogP contribution in [0, 0.1) is 5.41 Å². The van der Waals surface area contributed by atoms with Gasteiger partial charge in [-0.1, -0.05) is 12.5 Å². The van der Waals surface area contributed by atoms with Crippen molar-refractivity contribution >= 4 is 17.6 Å². The summed E-state index contributed by atoms with van der Waals surface area (Å²) in [5.74, 6) is 0.513. The van der Waals surface area contributed by atoms with Crippen molar-refractivity contribution in [1.29, 1.82) is 0 Å². The van der Waals surface area contributed by atoms with E-state index in [1.54, 1.807) is 31.4 Å². The second-order valence-electron chi connectivity index (χ2n) is 5.65. The Bertz CT molecular complexity index is 572. The zero-order chi connectivity index (χ0) is 14.3. The Labute approximate surface area is 117 Å². The number of carbonyl (C=O) groups excluding carboxylic acids is 2. The fourth-order valence-corrected chi connectivity index (χ4v) is 3.20. The van der Waals surface area contributed by atoms with Crippen molar-refractivity contribution in [1.82, 2.24) is 5.32 Å². The molecule has 1 heterocycles. The van der Waals surface area contributed by atoms with E-state index in [0.717, 1.165) is 19.3 Å². The molecule has 5 heteroatoms. The van der Waals surface area contributed by atoms with Crippen LogP contribution < -0.4 is 15.0 Å². The van der Waals surface area contributed by atoms with Crippen LogP contribution in [0.25, 0.3) is 0 Å². The number of carbonyl (C=O) groups is 2. The van der Waals surface area contributed by atoms with Gasteiger partial charge in [0.25, 0.3) is 0 Å². The molecule has 1 N–H and O–H groups in total. The van der Waals surface area contributed by atoms with Gasteiger partial charge in [-0.3, -0.25) is 4.79 Å². The Morgan fingerprint density at radius 3 is 2.95 bits per heavy atom. The molecule has 0 spiro atoms. The zero-order valence-electron chi connectivity index (χ0n) is 11.7. The normalized spacial score (nSPS) is 29.1. The lowest BCUT2D eigenvalue weighted by atomic mass is 9.81. The lowest BCUT2D eigenvalue weighted by Gasteiger charge is -2.40. The Balaban J connectivity index is 1.99. The third kappa shape index (κ3) is 1.77. The zero-order valence-corrected chi connectivity index (χ0v) is 11.7. The molecule has 106 valence electrons. The van der Waals surface area contributed by atoms with Crippen LogP contribution in [0.3, 0.4) is 0 Å². The Hall–Kier alpha value is -2.04. The van der Waals surface area contributed by atoms with E-state index in [1.165, 1.54) is 4.90 Å². The standard InChI is InChI=1S/C15H18N2O3/c1-15-8-4-7-12(15)16-14(19)17(13(15)18)10-5-3-6-11(9-10)20-2/h3,5-6,9,12H,4,7-8H2,1-2H3,(H,16,19). The molecule has 2 fully saturated rings. The van der Waals surface area contributed by atoms with Gasteiger partial charge >= 0.3 is 6.03 Å². The van der Waals surface area contributed by atoms with E-state index < -0.39 is 5.41 Å². The highest BCUT2D eigenvalue weighted by molar-refractivity contribution is 6.18. The molecular formula is C15H18N2O3. The minimum atomic E-state index is -0.489. The minimum Gasteiger partial charge on any atom is -0.497 e. The van der Waals surface area contributed by atoms with Crippen LogP contribution in [0.5, 0.6) is 5.75 Å². The number of nitrogens with zero attached hydrogens (tertiary/aromatic N) is 1. The minimum absolute atomic E-state index is 0.0376. The van der Waals surface area contributed by atoms with Crippen LogP contribution >= 0.6 is 0 Å². The van der Waals surface area contributed by atoms with Crippen molar-refractivity contribution in [3.8, 4) is 5.75 Å². The molecule has 1 saturated carbocycles. The Morgan fingerprint density at radius 2 is 2.20 bits per heavy atom. The van der Waals surface area contributed by atoms with Crippen molar-refractivity contribution in [2.75, 3.05) is 12.0 Å². The van der Waals surface area contributed by atoms with Gasteiger partial charge in [0.2, 0.25) is 5.91 Å². The van der Waals surface area contributed by atoms with Gasteiger partial charge in [0, 0.05) is 12.1 Å². The first-order chi connectivity index (χ1) is 9.56. The monoisotopic (exact) mass is 274 g/mol. The van der Waals surface area contributed by atoms with Crippen LogP contribution in [0.15, 0.2) is 24.3 Å². The second kappa shape index (κ2) is 4.51. The van der Waals surface area contributed by atoms with Gasteiger partial charge in [-0.2, -0.15) is 0 Å². The summed E-state index contributed by atoms with van der Waals surface area (Å²) in [6.07, 6.45) is 2.66. The maximum atomic E-state index is 12.8. The van der Waals surface area contributed by atoms with Crippen molar-refractivity contribution in [2.24, 2.45) is 5.41 Å². The van der Waals surface area contributed by atoms with Crippen molar-refractivity contribution in [2.45, 2.75) is 32.2 Å². The number of nitrogens with one attached hydrogen (secondary N) is 1. The molecular weight excluding hydrogens is 256 g/mol. The summed E-state index contributed by atoms with van der Waals surface area (Å²) in [6.45, 7) is 1.94. The lowest BCUT2D eigenvalue weighted by Crippen LogP contribution is -2.63. The number of benzene rings is 1. The average molecular weight is 274 g/mol. The summed E-state index contributed by atoms with van der Waals surface area (Å²) in [5, 5.41) is 2.96. The maximum Gasteiger partial charge on any atom is 0.329 e. The number of anilines is 1. The highest BCUT2D eigenvalue weighted by atomic mass is 16.5. The fourth-order valence-electron chi connectivity index (χ4n) is 3.20. The van der Waals surface area contributed by atoms with Crippen LogP contribution in [-0.2, 0) is 4.79 Å². The number of urea groups is 1. The summed E-state index contributed by atoms with van der Waals surface area (Å²) in [7, 11) is 1.56. The molecule has 0 aromatic heterocycles. The molecule has 2 unspecified atom stereocenters. The lowest BCUT2D eigenvalue weighted by molar-refractivity contribution is -0.128. The maximum absolute atomic E-state index is 12.8. The largest absolute Gasteiger partial charge is 0.497 e. The molecule has 3 rings (SSSR count). The molecule has 2 aliphatic rings. The fraction of sp³-hybridized carbons (Fsp3) is 0.467. The molecule has 5 nitrogen and oxygen atoms in total. The first-order valence-electron chi connectivity index (χ1n) is 6.85. The number of imide groups is 1. The van der Waals surface area contributed by atoms with E-state index in [-0.39, 0.29) is 18.0 Å². The third-order valence-corrected chi connectivity index (χ3v) is 4.46. The molecule has 0 bridgehead atoms. The number of hydrogen-bond acceptors (Lipinski definition) is 3. The van der Waals surface area contributed by atoms with E-state index >= 15 is 0 Å². The Morgan fingerprint density at radius 1 is 1.40 bits per heavy atom. The summed E-state index contributed by atoms with van der Waals surface area (Å²) in [6, 6.07) is 6.64. The van der Waals surface area contributed by atoms with Crippen LogP contribution in [0.1, 0.15) is 26.2 Å². The highest BCUT2D eigenvalue weighted by Gasteiger charge is 2.53. The topological polar surface area (TPSA) is 58.6 Å². The van der Waals surface area contributed by atoms with E-state index in [2.05, 4.69) is 5.32 Å². The number of ether oxygens (including phenoxy) is 1. The predicted molar refractivity (Wildman–Crippen MR) is 74.8 cm³/mol. The summed E-state index contributed by atoms with van der Waals surface area (Å²) in [5.41, 5.74) is 0.0650. The molecule has 1 aliphatic carbocycles. The number of methoxy groups -OCH3 is 1. The van der Waals surface area contributed by atoms with Crippen LogP contribution in [0.2, 0.25) is 0 Å². The van der Waals surface area contributed by atoms with E-state index in [0.29, 0.717) is 11.4 Å². The van der Waals surface area contributed by atoms with Crippen LogP contribution in [-0.4, -0.2) is 25.1 Å². The molecule has 20 heavy (non-hydrogen) atoms. The van der Waals surface area contributed by atoms with Crippen molar-refractivity contribution in [3.05, 3.63) is 24.3 Å². The van der Waals surface area contributed by atoms with Gasteiger partial charge < -0.3 is 10.1 Å². The second-order valence-corrected chi connectivity index (χ2v) is 5.65. The highest BCUT2D eigenvalue weighted by Crippen LogP contribution is 2.43. The smallest absolute Gasteiger partial charge is 0.329 e. The van der Waals surface area contributed by atoms with Gasteiger partial charge in [0.05, 0.1) is 18.2 Å². The summed E-state index contributed by atoms with van der Waals surface area (Å²) < 4.78 is 5.16. The molecule has 1 aromatic carbocycles. The summed E-state index contributed by atoms with van der Waals surface area (Å²) >= 11 is 0. The number of rotatable bonds is 2. The molecule has 3 amide bonds. The van der Waals surface area contributed by atoms with Gasteiger partial charge in [-0.15, -0.1) is 0 Å². The van der Waals surface area contributed by atoms with E-state index in [4.69, 9.17) is 4.74 Å². The third-order valence-electron chi connectivity index (χ3n) is 4.46. The molecule has 1 aliphatic heterocycles. The Kier molecular flexibility index (Phi) is 2.92. The quantitative estimate of drug-likeness (QED) is 0.900. The van der Waals surface area contributed by atoms with Crippen molar-refractivity contribution < 1.29 is 14.3 Å². The first-order valence-corrected chi connectivity index (χ1v) is 6.85. The molecule has 2 atom stereocenters. The summed E-state index contributed by atoms with van der Waals surface area (Å²) in [4.78, 5) is 26.2. The van der Waals surface area contributed by atoms with E-state index in [1.807, 2.05) is 6.92 Å². The molecule has 0 radical (unpaired) electrons. The average Bonchev–Trinajstić information content (AvgIpc) is 2.82. The van der Waals surface area contributed by atoms with E-state index in [9.17, 15) is 9.59 Å². The van der Waals surface area contributed by atoms with Gasteiger partial charge in [0.1, 0.15) is 5.75 Å². The molecule has 1 saturated heterocycles. The molecule has 1 aromatic rings. The van der Waals surface area contributed by atoms with Gasteiger partial charge in [-0.25, -0.2) is 9.69 Å². The van der Waals surface area contributed by atoms with Crippen LogP contribution in [0.4, 0.5) is 10.5 Å². The SMILES string of the molecule is COc1cccc(N2C(=O)NC3CCCC3(C)C2=O)c1. The van der Waals surface area contributed by atoms with Gasteiger partial charge in [-0.05, 0) is 31.9 Å². The number of hydrogen-bond donors (Lipinski definition) is 1. The number of fused-ring (bicyclic) bond motifs is 1. The van der Waals surface area contributed by atoms with Crippen molar-refractivity contribution in [3.63, 3.8) is 0 Å². The predicted octanol–water partition coefficient (Wildman–Crippen LogP) is 2.31. The number of amides is 3. The first kappa shape index (κ1) is 13.0.